The highest BCUT2D eigenvalue weighted by Gasteiger charge is 2.37. The molecule has 35 heavy (non-hydrogen) atoms. The number of anilines is 1. The van der Waals surface area contributed by atoms with E-state index in [0.717, 1.165) is 53.4 Å². The summed E-state index contributed by atoms with van der Waals surface area (Å²) in [4.78, 5) is 32.5. The summed E-state index contributed by atoms with van der Waals surface area (Å²) < 4.78 is 0. The Bertz CT molecular complexity index is 1200. The van der Waals surface area contributed by atoms with Gasteiger partial charge in [0, 0.05) is 42.6 Å². The molecule has 3 heterocycles. The zero-order chi connectivity index (χ0) is 24.8. The number of aromatic nitrogens is 2. The molecule has 0 radical (unpaired) electrons. The average molecular weight is 477 g/mol. The summed E-state index contributed by atoms with van der Waals surface area (Å²) in [5.74, 6) is 0.604. The van der Waals surface area contributed by atoms with Crippen molar-refractivity contribution in [3.63, 3.8) is 0 Å². The zero-order valence-electron chi connectivity index (χ0n) is 20.1. The minimum Gasteiger partial charge on any atom is -0.465 e. The SMILES string of the molecule is CCNC(=O)Nc1cc2c(-c3ccncc3)ccc(C[C@@](C)(NC(=O)O)C3CCCNC3)c2cn1. The maximum atomic E-state index is 12.1. The zero-order valence-corrected chi connectivity index (χ0v) is 20.1. The Hall–Kier alpha value is -3.72. The van der Waals surface area contributed by atoms with Crippen molar-refractivity contribution in [2.24, 2.45) is 5.92 Å². The summed E-state index contributed by atoms with van der Waals surface area (Å²) in [6.45, 7) is 6.07. The monoisotopic (exact) mass is 476 g/mol. The van der Waals surface area contributed by atoms with Crippen molar-refractivity contribution < 1.29 is 14.7 Å². The molecule has 5 N–H and O–H groups in total. The molecule has 4 rings (SSSR count). The standard InChI is InChI=1S/C26H32N6O3/c1-3-29-24(33)31-23-13-21-20(17-8-11-27-12-9-17)7-6-18(22(21)16-30-23)14-26(2,32-25(34)35)19-5-4-10-28-15-19/h6-9,11-13,16,19,28,32H,3-5,10,14-15H2,1-2H3,(H,34,35)(H2,29,30,31,33)/t19?,26-/m1/s1. The number of benzene rings is 1. The third kappa shape index (κ3) is 5.68. The normalized spacial score (nSPS) is 17.4. The number of nitrogens with one attached hydrogen (secondary N) is 4. The molecule has 3 amide bonds. The number of piperidine rings is 1. The van der Waals surface area contributed by atoms with Gasteiger partial charge in [-0.15, -0.1) is 0 Å². The fourth-order valence-electron chi connectivity index (χ4n) is 4.95. The van der Waals surface area contributed by atoms with Crippen LogP contribution in [0, 0.1) is 5.92 Å². The van der Waals surface area contributed by atoms with E-state index in [0.29, 0.717) is 18.8 Å². The molecule has 1 fully saturated rings. The van der Waals surface area contributed by atoms with Gasteiger partial charge in [-0.2, -0.15) is 0 Å². The summed E-state index contributed by atoms with van der Waals surface area (Å²) in [6.07, 6.45) is 6.71. The third-order valence-electron chi connectivity index (χ3n) is 6.71. The first kappa shape index (κ1) is 24.4. The van der Waals surface area contributed by atoms with Crippen molar-refractivity contribution >= 4 is 28.7 Å². The Labute approximate surface area is 204 Å². The first-order chi connectivity index (χ1) is 16.9. The lowest BCUT2D eigenvalue weighted by Crippen LogP contribution is -2.56. The van der Waals surface area contributed by atoms with Crippen molar-refractivity contribution in [3.05, 3.63) is 54.5 Å². The Kier molecular flexibility index (Phi) is 7.45. The number of pyridine rings is 2. The van der Waals surface area contributed by atoms with Gasteiger partial charge in [-0.25, -0.2) is 14.6 Å². The number of urea groups is 1. The van der Waals surface area contributed by atoms with Crippen LogP contribution >= 0.6 is 0 Å². The molecular weight excluding hydrogens is 444 g/mol. The van der Waals surface area contributed by atoms with Crippen LogP contribution in [0.25, 0.3) is 21.9 Å². The molecular formula is C26H32N6O3. The van der Waals surface area contributed by atoms with E-state index in [9.17, 15) is 14.7 Å². The highest BCUT2D eigenvalue weighted by molar-refractivity contribution is 6.00. The topological polar surface area (TPSA) is 128 Å². The molecule has 3 aromatic rings. The first-order valence-corrected chi connectivity index (χ1v) is 12.0. The maximum absolute atomic E-state index is 12.1. The molecule has 1 aromatic carbocycles. The number of amides is 3. The van der Waals surface area contributed by atoms with E-state index >= 15 is 0 Å². The second-order valence-corrected chi connectivity index (χ2v) is 9.18. The molecule has 1 saturated heterocycles. The van der Waals surface area contributed by atoms with Crippen molar-refractivity contribution in [3.8, 4) is 11.1 Å². The number of carbonyl (C=O) groups excluding carboxylic acids is 1. The Morgan fingerprint density at radius 3 is 2.69 bits per heavy atom. The van der Waals surface area contributed by atoms with Crippen molar-refractivity contribution in [1.29, 1.82) is 0 Å². The van der Waals surface area contributed by atoms with Crippen LogP contribution < -0.4 is 21.3 Å². The highest BCUT2D eigenvalue weighted by atomic mass is 16.4. The molecule has 2 atom stereocenters. The molecule has 0 bridgehead atoms. The van der Waals surface area contributed by atoms with Crippen LogP contribution in [0.3, 0.4) is 0 Å². The second-order valence-electron chi connectivity index (χ2n) is 9.18. The number of carbonyl (C=O) groups is 2. The highest BCUT2D eigenvalue weighted by Crippen LogP contribution is 2.35. The van der Waals surface area contributed by atoms with E-state index < -0.39 is 11.6 Å². The third-order valence-corrected chi connectivity index (χ3v) is 6.71. The van der Waals surface area contributed by atoms with E-state index in [-0.39, 0.29) is 11.9 Å². The van der Waals surface area contributed by atoms with E-state index in [4.69, 9.17) is 0 Å². The van der Waals surface area contributed by atoms with Crippen LogP contribution in [0.15, 0.2) is 48.9 Å². The second kappa shape index (κ2) is 10.7. The summed E-state index contributed by atoms with van der Waals surface area (Å²) in [5, 5.41) is 23.2. The largest absolute Gasteiger partial charge is 0.465 e. The van der Waals surface area contributed by atoms with Gasteiger partial charge in [0.15, 0.2) is 0 Å². The lowest BCUT2D eigenvalue weighted by molar-refractivity contribution is 0.149. The van der Waals surface area contributed by atoms with Crippen LogP contribution in [0.4, 0.5) is 15.4 Å². The van der Waals surface area contributed by atoms with Gasteiger partial charge in [-0.1, -0.05) is 12.1 Å². The molecule has 1 aliphatic rings. The van der Waals surface area contributed by atoms with Gasteiger partial charge in [0.25, 0.3) is 0 Å². The minimum atomic E-state index is -1.03. The molecule has 9 nitrogen and oxygen atoms in total. The number of fused-ring (bicyclic) bond motifs is 1. The van der Waals surface area contributed by atoms with E-state index in [1.54, 1.807) is 18.6 Å². The summed E-state index contributed by atoms with van der Waals surface area (Å²) in [5.41, 5.74) is 2.33. The lowest BCUT2D eigenvalue weighted by atomic mass is 9.76. The van der Waals surface area contributed by atoms with Gasteiger partial charge < -0.3 is 21.1 Å². The molecule has 1 unspecified atom stereocenters. The fraction of sp³-hybridized carbons (Fsp3) is 0.385. The smallest absolute Gasteiger partial charge is 0.405 e. The molecule has 0 aliphatic carbocycles. The van der Waals surface area contributed by atoms with Gasteiger partial charge >= 0.3 is 12.1 Å². The maximum Gasteiger partial charge on any atom is 0.405 e. The quantitative estimate of drug-likeness (QED) is 0.351. The fourth-order valence-corrected chi connectivity index (χ4v) is 4.95. The summed E-state index contributed by atoms with van der Waals surface area (Å²) in [7, 11) is 0. The van der Waals surface area contributed by atoms with Gasteiger partial charge in [-0.05, 0) is 85.8 Å². The van der Waals surface area contributed by atoms with E-state index in [2.05, 4.69) is 37.3 Å². The van der Waals surface area contributed by atoms with Crippen molar-refractivity contribution in [2.75, 3.05) is 25.0 Å². The molecule has 1 aliphatic heterocycles. The average Bonchev–Trinajstić information content (AvgIpc) is 2.85. The van der Waals surface area contributed by atoms with E-state index in [1.165, 1.54) is 0 Å². The van der Waals surface area contributed by atoms with Crippen molar-refractivity contribution in [2.45, 2.75) is 38.6 Å². The molecule has 9 heteroatoms. The Balaban J connectivity index is 1.79. The lowest BCUT2D eigenvalue weighted by Gasteiger charge is -2.40. The van der Waals surface area contributed by atoms with E-state index in [1.807, 2.05) is 38.1 Å². The van der Waals surface area contributed by atoms with Gasteiger partial charge in [-0.3, -0.25) is 10.3 Å². The van der Waals surface area contributed by atoms with Gasteiger partial charge in [0.05, 0.1) is 0 Å². The van der Waals surface area contributed by atoms with Crippen LogP contribution in [0.2, 0.25) is 0 Å². The number of rotatable bonds is 7. The van der Waals surface area contributed by atoms with Crippen LogP contribution in [-0.2, 0) is 6.42 Å². The number of hydrogen-bond donors (Lipinski definition) is 5. The predicted molar refractivity (Wildman–Crippen MR) is 137 cm³/mol. The number of hydrogen-bond acceptors (Lipinski definition) is 5. The van der Waals surface area contributed by atoms with Gasteiger partial charge in [0.1, 0.15) is 5.82 Å². The van der Waals surface area contributed by atoms with Crippen LogP contribution in [0.5, 0.6) is 0 Å². The minimum absolute atomic E-state index is 0.161. The van der Waals surface area contributed by atoms with Gasteiger partial charge in [0.2, 0.25) is 0 Å². The number of carboxylic acid groups (broad SMARTS) is 1. The first-order valence-electron chi connectivity index (χ1n) is 12.0. The predicted octanol–water partition coefficient (Wildman–Crippen LogP) is 4.01. The molecule has 0 saturated carbocycles. The molecule has 184 valence electrons. The van der Waals surface area contributed by atoms with Crippen LogP contribution in [0.1, 0.15) is 32.3 Å². The summed E-state index contributed by atoms with van der Waals surface area (Å²) >= 11 is 0. The molecule has 2 aromatic heterocycles. The molecule has 0 spiro atoms. The Morgan fingerprint density at radius 2 is 2.00 bits per heavy atom. The van der Waals surface area contributed by atoms with Crippen molar-refractivity contribution in [1.82, 2.24) is 25.9 Å². The number of nitrogens with zero attached hydrogens (tertiary/aromatic N) is 2. The Morgan fingerprint density at radius 1 is 1.20 bits per heavy atom. The van der Waals surface area contributed by atoms with Crippen LogP contribution in [-0.4, -0.2) is 52.4 Å². The summed E-state index contributed by atoms with van der Waals surface area (Å²) in [6, 6.07) is 9.53.